The zero-order valence-corrected chi connectivity index (χ0v) is 10.3. The Labute approximate surface area is 109 Å². The number of rotatable bonds is 3. The average molecular weight is 263 g/mol. The Bertz CT molecular complexity index is 579. The predicted molar refractivity (Wildman–Crippen MR) is 64.9 cm³/mol. The highest BCUT2D eigenvalue weighted by Gasteiger charge is 2.38. The summed E-state index contributed by atoms with van der Waals surface area (Å²) in [5, 5.41) is 17.1. The first-order chi connectivity index (χ1) is 9.17. The first-order valence-electron chi connectivity index (χ1n) is 6.17. The Balaban J connectivity index is 1.80. The number of nitrogens with zero attached hydrogens (tertiary/aromatic N) is 2. The van der Waals surface area contributed by atoms with E-state index in [-0.39, 0.29) is 18.1 Å². The van der Waals surface area contributed by atoms with Crippen molar-refractivity contribution in [1.82, 2.24) is 15.5 Å². The second kappa shape index (κ2) is 4.71. The molecule has 2 N–H and O–H groups in total. The van der Waals surface area contributed by atoms with Crippen molar-refractivity contribution >= 4 is 0 Å². The molecule has 2 heterocycles. The first-order valence-corrected chi connectivity index (χ1v) is 6.17. The summed E-state index contributed by atoms with van der Waals surface area (Å²) in [5.41, 5.74) is -0.591. The number of nitrogens with one attached hydrogen (secondary N) is 1. The minimum atomic E-state index is -1.10. The summed E-state index contributed by atoms with van der Waals surface area (Å²) < 4.78 is 18.6. The molecule has 0 bridgehead atoms. The molecule has 1 aromatic carbocycles. The van der Waals surface area contributed by atoms with Crippen LogP contribution in [0.1, 0.15) is 23.7 Å². The number of β-amino-alcohol motifs (C(OH)–C–C–N with tert-alkyl or cyclic N) is 1. The Morgan fingerprint density at radius 1 is 1.42 bits per heavy atom. The smallest absolute Gasteiger partial charge is 0.259 e. The van der Waals surface area contributed by atoms with E-state index >= 15 is 0 Å². The minimum Gasteiger partial charge on any atom is -0.379 e. The van der Waals surface area contributed by atoms with Crippen molar-refractivity contribution in [2.75, 3.05) is 13.1 Å². The number of hydrogen-bond acceptors (Lipinski definition) is 5. The molecule has 1 fully saturated rings. The van der Waals surface area contributed by atoms with E-state index in [9.17, 15) is 9.50 Å². The van der Waals surface area contributed by atoms with Gasteiger partial charge in [0.2, 0.25) is 0 Å². The molecular weight excluding hydrogens is 249 g/mol. The van der Waals surface area contributed by atoms with Crippen LogP contribution in [0.2, 0.25) is 0 Å². The Kier molecular flexibility index (Phi) is 3.04. The van der Waals surface area contributed by atoms with Gasteiger partial charge in [0.25, 0.3) is 5.89 Å². The Hall–Kier alpha value is -1.79. The molecule has 1 atom stereocenters. The van der Waals surface area contributed by atoms with Crippen molar-refractivity contribution in [1.29, 1.82) is 0 Å². The average Bonchev–Trinajstić information content (AvgIpc) is 3.02. The van der Waals surface area contributed by atoms with Crippen molar-refractivity contribution in [3.8, 4) is 0 Å². The minimum absolute atomic E-state index is 0.198. The van der Waals surface area contributed by atoms with Crippen molar-refractivity contribution in [3.63, 3.8) is 0 Å². The lowest BCUT2D eigenvalue weighted by atomic mass is 10.0. The lowest BCUT2D eigenvalue weighted by Crippen LogP contribution is -2.28. The molecule has 0 saturated carbocycles. The number of hydrogen-bond donors (Lipinski definition) is 2. The van der Waals surface area contributed by atoms with Crippen LogP contribution >= 0.6 is 0 Å². The highest BCUT2D eigenvalue weighted by atomic mass is 19.1. The number of aromatic nitrogens is 2. The molecule has 1 aliphatic rings. The summed E-state index contributed by atoms with van der Waals surface area (Å²) in [6.07, 6.45) is 0.786. The van der Waals surface area contributed by atoms with Gasteiger partial charge in [0.15, 0.2) is 11.4 Å². The lowest BCUT2D eigenvalue weighted by molar-refractivity contribution is 0.0243. The van der Waals surface area contributed by atoms with Gasteiger partial charge in [-0.3, -0.25) is 0 Å². The van der Waals surface area contributed by atoms with Crippen LogP contribution in [0.3, 0.4) is 0 Å². The van der Waals surface area contributed by atoms with Gasteiger partial charge in [0.05, 0.1) is 0 Å². The van der Waals surface area contributed by atoms with Crippen molar-refractivity contribution < 1.29 is 14.0 Å². The third-order valence-electron chi connectivity index (χ3n) is 3.31. The molecule has 100 valence electrons. The van der Waals surface area contributed by atoms with Crippen LogP contribution in [-0.2, 0) is 12.0 Å². The van der Waals surface area contributed by atoms with Gasteiger partial charge in [-0.2, -0.15) is 4.98 Å². The second-order valence-corrected chi connectivity index (χ2v) is 4.74. The third-order valence-corrected chi connectivity index (χ3v) is 3.31. The van der Waals surface area contributed by atoms with Crippen molar-refractivity contribution in [3.05, 3.63) is 47.4 Å². The van der Waals surface area contributed by atoms with Crippen LogP contribution < -0.4 is 5.32 Å². The predicted octanol–water partition coefficient (Wildman–Crippen LogP) is 0.980. The first kappa shape index (κ1) is 12.3. The van der Waals surface area contributed by atoms with Gasteiger partial charge in [-0.05, 0) is 24.6 Å². The SMILES string of the molecule is OC1(c2nc(Cc3ccccc3F)no2)CCNC1. The number of halogens is 1. The zero-order chi connectivity index (χ0) is 13.3. The van der Waals surface area contributed by atoms with E-state index in [4.69, 9.17) is 4.52 Å². The molecular formula is C13H14FN3O2. The third kappa shape index (κ3) is 2.36. The highest BCUT2D eigenvalue weighted by Crippen LogP contribution is 2.26. The maximum Gasteiger partial charge on any atom is 0.259 e. The molecule has 3 rings (SSSR count). The fourth-order valence-corrected chi connectivity index (χ4v) is 2.19. The van der Waals surface area contributed by atoms with E-state index in [1.807, 2.05) is 0 Å². The molecule has 1 saturated heterocycles. The zero-order valence-electron chi connectivity index (χ0n) is 10.3. The van der Waals surface area contributed by atoms with Gasteiger partial charge < -0.3 is 14.9 Å². The topological polar surface area (TPSA) is 71.2 Å². The van der Waals surface area contributed by atoms with Crippen molar-refractivity contribution in [2.24, 2.45) is 0 Å². The van der Waals surface area contributed by atoms with E-state index in [1.165, 1.54) is 6.07 Å². The summed E-state index contributed by atoms with van der Waals surface area (Å²) in [4.78, 5) is 4.17. The van der Waals surface area contributed by atoms with E-state index in [0.717, 1.165) is 0 Å². The summed E-state index contributed by atoms with van der Waals surface area (Å²) >= 11 is 0. The summed E-state index contributed by atoms with van der Waals surface area (Å²) in [6, 6.07) is 6.46. The number of benzene rings is 1. The van der Waals surface area contributed by atoms with Crippen LogP contribution in [-0.4, -0.2) is 28.3 Å². The summed E-state index contributed by atoms with van der Waals surface area (Å²) in [6.45, 7) is 1.11. The van der Waals surface area contributed by atoms with E-state index < -0.39 is 5.60 Å². The van der Waals surface area contributed by atoms with Gasteiger partial charge in [-0.1, -0.05) is 23.4 Å². The quantitative estimate of drug-likeness (QED) is 0.863. The Morgan fingerprint density at radius 2 is 2.26 bits per heavy atom. The molecule has 19 heavy (non-hydrogen) atoms. The largest absolute Gasteiger partial charge is 0.379 e. The van der Waals surface area contributed by atoms with Gasteiger partial charge in [-0.15, -0.1) is 0 Å². The van der Waals surface area contributed by atoms with Gasteiger partial charge in [0.1, 0.15) is 5.82 Å². The molecule has 0 spiro atoms. The van der Waals surface area contributed by atoms with Crippen LogP contribution in [0.5, 0.6) is 0 Å². The molecule has 5 nitrogen and oxygen atoms in total. The standard InChI is InChI=1S/C13H14FN3O2/c14-10-4-2-1-3-9(10)7-11-16-12(19-17-11)13(18)5-6-15-8-13/h1-4,15,18H,5-8H2. The highest BCUT2D eigenvalue weighted by molar-refractivity contribution is 5.21. The monoisotopic (exact) mass is 263 g/mol. The molecule has 0 amide bonds. The fourth-order valence-electron chi connectivity index (χ4n) is 2.19. The van der Waals surface area contributed by atoms with Crippen LogP contribution in [0, 0.1) is 5.82 Å². The van der Waals surface area contributed by atoms with Crippen LogP contribution in [0.4, 0.5) is 4.39 Å². The van der Waals surface area contributed by atoms with Gasteiger partial charge >= 0.3 is 0 Å². The summed E-state index contributed by atoms with van der Waals surface area (Å²) in [7, 11) is 0. The number of aliphatic hydroxyl groups is 1. The maximum absolute atomic E-state index is 13.5. The molecule has 1 aromatic heterocycles. The molecule has 0 radical (unpaired) electrons. The van der Waals surface area contributed by atoms with Crippen LogP contribution in [0.15, 0.2) is 28.8 Å². The molecule has 0 aliphatic carbocycles. The van der Waals surface area contributed by atoms with E-state index in [2.05, 4.69) is 15.5 Å². The molecule has 1 aliphatic heterocycles. The molecule has 1 unspecified atom stereocenters. The maximum atomic E-state index is 13.5. The van der Waals surface area contributed by atoms with Crippen molar-refractivity contribution in [2.45, 2.75) is 18.4 Å². The fraction of sp³-hybridized carbons (Fsp3) is 0.385. The van der Waals surface area contributed by atoms with E-state index in [0.29, 0.717) is 30.9 Å². The Morgan fingerprint density at radius 3 is 3.00 bits per heavy atom. The normalized spacial score (nSPS) is 22.8. The van der Waals surface area contributed by atoms with Gasteiger partial charge in [-0.25, -0.2) is 4.39 Å². The molecule has 2 aromatic rings. The van der Waals surface area contributed by atoms with E-state index in [1.54, 1.807) is 18.2 Å². The second-order valence-electron chi connectivity index (χ2n) is 4.74. The van der Waals surface area contributed by atoms with Crippen LogP contribution in [0.25, 0.3) is 0 Å². The molecule has 6 heteroatoms. The summed E-state index contributed by atoms with van der Waals surface area (Å²) in [5.74, 6) is 0.277. The van der Waals surface area contributed by atoms with Gasteiger partial charge in [0, 0.05) is 13.0 Å². The lowest BCUT2D eigenvalue weighted by Gasteiger charge is -2.14.